The van der Waals surface area contributed by atoms with E-state index in [0.717, 1.165) is 6.20 Å². The molecule has 1 rings (SSSR count). The summed E-state index contributed by atoms with van der Waals surface area (Å²) in [6.07, 6.45) is 1.11. The Bertz CT molecular complexity index is 297. The average Bonchev–Trinajstić information content (AvgIpc) is 2.17. The van der Waals surface area contributed by atoms with Crippen LogP contribution in [0.1, 0.15) is 18.5 Å². The van der Waals surface area contributed by atoms with Gasteiger partial charge in [-0.1, -0.05) is 0 Å². The van der Waals surface area contributed by atoms with Crippen molar-refractivity contribution in [2.45, 2.75) is 12.8 Å². The number of nitrogens with one attached hydrogen (secondary N) is 1. The molecule has 0 spiro atoms. The number of rotatable bonds is 2. The molecule has 3 nitrogen and oxygen atoms in total. The first-order valence-electron chi connectivity index (χ1n) is 3.98. The Morgan fingerprint density at radius 2 is 2.31 bits per heavy atom. The highest BCUT2D eigenvalue weighted by Gasteiger charge is 2.14. The summed E-state index contributed by atoms with van der Waals surface area (Å²) in [6, 6.07) is 2.80. The second-order valence-corrected chi connectivity index (χ2v) is 2.74. The molecule has 1 N–H and O–H groups in total. The highest BCUT2D eigenvalue weighted by atomic mass is 19.1. The fraction of sp³-hybridized carbons (Fsp3) is 0.333. The third-order valence-electron chi connectivity index (χ3n) is 1.83. The first-order chi connectivity index (χ1) is 6.15. The molecule has 1 atom stereocenters. The Kier molecular flexibility index (Phi) is 2.95. The van der Waals surface area contributed by atoms with Crippen LogP contribution in [-0.4, -0.2) is 17.9 Å². The van der Waals surface area contributed by atoms with Crippen molar-refractivity contribution in [3.05, 3.63) is 29.8 Å². The summed E-state index contributed by atoms with van der Waals surface area (Å²) >= 11 is 0. The van der Waals surface area contributed by atoms with Crippen LogP contribution < -0.4 is 5.32 Å². The molecule has 13 heavy (non-hydrogen) atoms. The monoisotopic (exact) mass is 182 g/mol. The van der Waals surface area contributed by atoms with Gasteiger partial charge in [-0.25, -0.2) is 4.39 Å². The summed E-state index contributed by atoms with van der Waals surface area (Å²) in [7, 11) is 1.56. The van der Waals surface area contributed by atoms with Gasteiger partial charge in [0.25, 0.3) is 0 Å². The number of likely N-dealkylation sites (N-methyl/N-ethyl adjacent to an activating group) is 1. The molecule has 0 radical (unpaired) electrons. The molecule has 0 aliphatic heterocycles. The van der Waals surface area contributed by atoms with E-state index < -0.39 is 5.82 Å². The predicted molar refractivity (Wildman–Crippen MR) is 46.7 cm³/mol. The maximum atomic E-state index is 12.5. The topological polar surface area (TPSA) is 42.0 Å². The number of carbonyl (C=O) groups excluding carboxylic acids is 1. The van der Waals surface area contributed by atoms with E-state index >= 15 is 0 Å². The normalized spacial score (nSPS) is 12.2. The maximum Gasteiger partial charge on any atom is 0.228 e. The van der Waals surface area contributed by atoms with Gasteiger partial charge in [-0.15, -0.1) is 0 Å². The van der Waals surface area contributed by atoms with E-state index in [2.05, 4.69) is 10.3 Å². The minimum absolute atomic E-state index is 0.126. The lowest BCUT2D eigenvalue weighted by molar-refractivity contribution is -0.121. The SMILES string of the molecule is CNC(=O)C(C)c1ccc(F)cn1. The molecular weight excluding hydrogens is 171 g/mol. The van der Waals surface area contributed by atoms with E-state index in [4.69, 9.17) is 0 Å². The van der Waals surface area contributed by atoms with Crippen LogP contribution in [0.2, 0.25) is 0 Å². The zero-order valence-electron chi connectivity index (χ0n) is 7.54. The van der Waals surface area contributed by atoms with Crippen LogP contribution in [0.5, 0.6) is 0 Å². The summed E-state index contributed by atoms with van der Waals surface area (Å²) in [5, 5.41) is 2.51. The van der Waals surface area contributed by atoms with Crippen LogP contribution in [-0.2, 0) is 4.79 Å². The maximum absolute atomic E-state index is 12.5. The molecule has 0 bridgehead atoms. The molecule has 1 amide bonds. The molecular formula is C9H11FN2O. The first kappa shape index (κ1) is 9.64. The quantitative estimate of drug-likeness (QED) is 0.743. The zero-order valence-corrected chi connectivity index (χ0v) is 7.54. The van der Waals surface area contributed by atoms with E-state index in [0.29, 0.717) is 5.69 Å². The third-order valence-corrected chi connectivity index (χ3v) is 1.83. The molecule has 1 heterocycles. The lowest BCUT2D eigenvalue weighted by Gasteiger charge is -2.08. The summed E-state index contributed by atoms with van der Waals surface area (Å²) in [6.45, 7) is 1.72. The lowest BCUT2D eigenvalue weighted by Crippen LogP contribution is -2.24. The van der Waals surface area contributed by atoms with Crippen LogP contribution in [0.4, 0.5) is 4.39 Å². The Labute approximate surface area is 76.0 Å². The molecule has 0 aliphatic rings. The van der Waals surface area contributed by atoms with Gasteiger partial charge in [0.15, 0.2) is 0 Å². The van der Waals surface area contributed by atoms with Crippen molar-refractivity contribution in [3.63, 3.8) is 0 Å². The Morgan fingerprint density at radius 3 is 2.77 bits per heavy atom. The molecule has 1 aromatic heterocycles. The summed E-state index contributed by atoms with van der Waals surface area (Å²) < 4.78 is 12.5. The number of hydrogen-bond donors (Lipinski definition) is 1. The standard InChI is InChI=1S/C9H11FN2O/c1-6(9(13)11-2)8-4-3-7(10)5-12-8/h3-6H,1-2H3,(H,11,13). The smallest absolute Gasteiger partial charge is 0.228 e. The van der Waals surface area contributed by atoms with E-state index in [-0.39, 0.29) is 11.8 Å². The van der Waals surface area contributed by atoms with Gasteiger partial charge in [0, 0.05) is 7.05 Å². The van der Waals surface area contributed by atoms with Gasteiger partial charge in [-0.2, -0.15) is 0 Å². The molecule has 0 saturated heterocycles. The summed E-state index contributed by atoms with van der Waals surface area (Å²) in [4.78, 5) is 15.0. The number of halogens is 1. The van der Waals surface area contributed by atoms with Crippen molar-refractivity contribution in [2.75, 3.05) is 7.05 Å². The second kappa shape index (κ2) is 3.98. The van der Waals surface area contributed by atoms with Crippen LogP contribution in [0.3, 0.4) is 0 Å². The van der Waals surface area contributed by atoms with Crippen molar-refractivity contribution in [2.24, 2.45) is 0 Å². The number of aromatic nitrogens is 1. The highest BCUT2D eigenvalue weighted by Crippen LogP contribution is 2.11. The predicted octanol–water partition coefficient (Wildman–Crippen LogP) is 1.07. The van der Waals surface area contributed by atoms with E-state index in [1.807, 2.05) is 0 Å². The van der Waals surface area contributed by atoms with E-state index in [1.165, 1.54) is 12.1 Å². The average molecular weight is 182 g/mol. The van der Waals surface area contributed by atoms with Gasteiger partial charge in [0.2, 0.25) is 5.91 Å². The largest absolute Gasteiger partial charge is 0.359 e. The molecule has 0 saturated carbocycles. The summed E-state index contributed by atoms with van der Waals surface area (Å²) in [5.41, 5.74) is 0.570. The van der Waals surface area contributed by atoms with Crippen molar-refractivity contribution in [1.29, 1.82) is 0 Å². The minimum Gasteiger partial charge on any atom is -0.359 e. The Hall–Kier alpha value is -1.45. The van der Waals surface area contributed by atoms with Crippen molar-refractivity contribution < 1.29 is 9.18 Å². The summed E-state index contributed by atoms with van der Waals surface area (Å²) in [5.74, 6) is -0.863. The molecule has 1 unspecified atom stereocenters. The fourth-order valence-electron chi connectivity index (χ4n) is 0.994. The van der Waals surface area contributed by atoms with Crippen LogP contribution in [0, 0.1) is 5.82 Å². The van der Waals surface area contributed by atoms with Crippen molar-refractivity contribution >= 4 is 5.91 Å². The van der Waals surface area contributed by atoms with Gasteiger partial charge < -0.3 is 5.32 Å². The van der Waals surface area contributed by atoms with Gasteiger partial charge in [-0.05, 0) is 19.1 Å². The molecule has 0 aromatic carbocycles. The van der Waals surface area contributed by atoms with Gasteiger partial charge >= 0.3 is 0 Å². The molecule has 70 valence electrons. The van der Waals surface area contributed by atoms with E-state index in [1.54, 1.807) is 14.0 Å². The number of hydrogen-bond acceptors (Lipinski definition) is 2. The molecule has 0 fully saturated rings. The van der Waals surface area contributed by atoms with Crippen molar-refractivity contribution in [1.82, 2.24) is 10.3 Å². The Balaban J connectivity index is 2.83. The zero-order chi connectivity index (χ0) is 9.84. The highest BCUT2D eigenvalue weighted by molar-refractivity contribution is 5.82. The van der Waals surface area contributed by atoms with E-state index in [9.17, 15) is 9.18 Å². The van der Waals surface area contributed by atoms with Crippen LogP contribution >= 0.6 is 0 Å². The molecule has 0 aliphatic carbocycles. The molecule has 4 heteroatoms. The van der Waals surface area contributed by atoms with Gasteiger partial charge in [-0.3, -0.25) is 9.78 Å². The number of amides is 1. The van der Waals surface area contributed by atoms with Gasteiger partial charge in [0.1, 0.15) is 5.82 Å². The third kappa shape index (κ3) is 2.24. The number of pyridine rings is 1. The fourth-order valence-corrected chi connectivity index (χ4v) is 0.994. The second-order valence-electron chi connectivity index (χ2n) is 2.74. The molecule has 1 aromatic rings. The number of carbonyl (C=O) groups is 1. The Morgan fingerprint density at radius 1 is 1.62 bits per heavy atom. The van der Waals surface area contributed by atoms with Crippen molar-refractivity contribution in [3.8, 4) is 0 Å². The first-order valence-corrected chi connectivity index (χ1v) is 3.98. The van der Waals surface area contributed by atoms with Crippen LogP contribution in [0.15, 0.2) is 18.3 Å². The lowest BCUT2D eigenvalue weighted by atomic mass is 10.1. The van der Waals surface area contributed by atoms with Gasteiger partial charge in [0.05, 0.1) is 17.8 Å². The minimum atomic E-state index is -0.396. The van der Waals surface area contributed by atoms with Crippen LogP contribution in [0.25, 0.3) is 0 Å². The number of nitrogens with zero attached hydrogens (tertiary/aromatic N) is 1.